The first-order valence-electron chi connectivity index (χ1n) is 11.5. The average Bonchev–Trinajstić information content (AvgIpc) is 3.24. The molecule has 5 N–H and O–H groups in total. The number of hydrogen-bond acceptors (Lipinski definition) is 7. The number of rotatable bonds is 13. The van der Waals surface area contributed by atoms with Gasteiger partial charge in [-0.2, -0.15) is 8.76 Å². The third-order valence-electron chi connectivity index (χ3n) is 5.51. The number of nitrogens with zero attached hydrogens (tertiary/aromatic N) is 2. The SMILES string of the molecule is CCN(CCO)CCCCNC(=O)Nc1snc(OC(F)c2cc3ccccc3cc2F)c1C(N)=O. The first kappa shape index (κ1) is 27.2. The van der Waals surface area contributed by atoms with Gasteiger partial charge in [-0.1, -0.05) is 31.2 Å². The van der Waals surface area contributed by atoms with E-state index in [1.54, 1.807) is 24.3 Å². The van der Waals surface area contributed by atoms with E-state index in [2.05, 4.69) is 19.9 Å². The third kappa shape index (κ3) is 7.09. The molecule has 12 heteroatoms. The van der Waals surface area contributed by atoms with Crippen LogP contribution in [0, 0.1) is 5.82 Å². The number of aliphatic hydroxyl groups is 1. The molecule has 0 saturated carbocycles. The predicted octanol–water partition coefficient (Wildman–Crippen LogP) is 3.80. The van der Waals surface area contributed by atoms with Crippen LogP contribution in [0.2, 0.25) is 0 Å². The number of nitrogens with one attached hydrogen (secondary N) is 2. The van der Waals surface area contributed by atoms with Crippen LogP contribution < -0.4 is 21.1 Å². The van der Waals surface area contributed by atoms with E-state index < -0.39 is 30.0 Å². The number of unbranched alkanes of at least 4 members (excludes halogenated alkanes) is 1. The molecule has 0 spiro atoms. The van der Waals surface area contributed by atoms with Gasteiger partial charge in [0.05, 0.1) is 12.2 Å². The van der Waals surface area contributed by atoms with Gasteiger partial charge in [0.2, 0.25) is 5.88 Å². The second kappa shape index (κ2) is 13.1. The number of likely N-dealkylation sites (N-methyl/N-ethyl adjacent to an activating group) is 1. The molecule has 36 heavy (non-hydrogen) atoms. The summed E-state index contributed by atoms with van der Waals surface area (Å²) in [5.41, 5.74) is 4.76. The van der Waals surface area contributed by atoms with E-state index in [-0.39, 0.29) is 22.7 Å². The summed E-state index contributed by atoms with van der Waals surface area (Å²) in [5.74, 6) is -2.23. The Morgan fingerprint density at radius 3 is 2.61 bits per heavy atom. The van der Waals surface area contributed by atoms with Crippen LogP contribution in [0.1, 0.15) is 42.0 Å². The van der Waals surface area contributed by atoms with Crippen LogP contribution in [-0.2, 0) is 0 Å². The van der Waals surface area contributed by atoms with Crippen molar-refractivity contribution in [2.24, 2.45) is 5.73 Å². The molecule has 1 heterocycles. The number of halogens is 2. The van der Waals surface area contributed by atoms with Crippen molar-refractivity contribution in [1.29, 1.82) is 0 Å². The lowest BCUT2D eigenvalue weighted by atomic mass is 10.1. The molecule has 1 aromatic heterocycles. The highest BCUT2D eigenvalue weighted by atomic mass is 32.1. The van der Waals surface area contributed by atoms with E-state index in [1.165, 1.54) is 12.1 Å². The van der Waals surface area contributed by atoms with Crippen LogP contribution in [0.4, 0.5) is 18.6 Å². The molecule has 1 unspecified atom stereocenters. The average molecular weight is 522 g/mol. The van der Waals surface area contributed by atoms with Crippen molar-refractivity contribution in [3.63, 3.8) is 0 Å². The number of alkyl halides is 1. The first-order chi connectivity index (χ1) is 17.3. The molecular weight excluding hydrogens is 492 g/mol. The van der Waals surface area contributed by atoms with Gasteiger partial charge in [0.25, 0.3) is 12.3 Å². The lowest BCUT2D eigenvalue weighted by Gasteiger charge is -2.18. The molecule has 0 saturated heterocycles. The summed E-state index contributed by atoms with van der Waals surface area (Å²) >= 11 is 0.694. The summed E-state index contributed by atoms with van der Waals surface area (Å²) in [4.78, 5) is 26.4. The van der Waals surface area contributed by atoms with Crippen LogP contribution in [0.3, 0.4) is 0 Å². The number of anilines is 1. The normalized spacial score (nSPS) is 12.0. The van der Waals surface area contributed by atoms with Gasteiger partial charge in [0.1, 0.15) is 16.4 Å². The molecule has 3 amide bonds. The third-order valence-corrected chi connectivity index (χ3v) is 6.25. The zero-order valence-electron chi connectivity index (χ0n) is 19.8. The van der Waals surface area contributed by atoms with Crippen molar-refractivity contribution in [1.82, 2.24) is 14.6 Å². The molecule has 0 aliphatic rings. The van der Waals surface area contributed by atoms with E-state index >= 15 is 0 Å². The number of ether oxygens (including phenoxy) is 1. The summed E-state index contributed by atoms with van der Waals surface area (Å²) < 4.78 is 38.4. The predicted molar refractivity (Wildman–Crippen MR) is 134 cm³/mol. The first-order valence-corrected chi connectivity index (χ1v) is 12.3. The number of aliphatic hydroxyl groups excluding tert-OH is 1. The Hall–Kier alpha value is -3.35. The molecule has 3 rings (SSSR count). The fourth-order valence-corrected chi connectivity index (χ4v) is 4.33. The Morgan fingerprint density at radius 2 is 1.94 bits per heavy atom. The van der Waals surface area contributed by atoms with Crippen LogP contribution in [0.15, 0.2) is 36.4 Å². The largest absolute Gasteiger partial charge is 0.437 e. The maximum atomic E-state index is 14.9. The molecule has 0 radical (unpaired) electrons. The maximum Gasteiger partial charge on any atom is 0.319 e. The van der Waals surface area contributed by atoms with Crippen molar-refractivity contribution in [3.05, 3.63) is 53.3 Å². The van der Waals surface area contributed by atoms with Crippen LogP contribution in [0.25, 0.3) is 10.8 Å². The zero-order chi connectivity index (χ0) is 26.1. The Morgan fingerprint density at radius 1 is 1.22 bits per heavy atom. The van der Waals surface area contributed by atoms with Gasteiger partial charge in [-0.25, -0.2) is 9.18 Å². The molecule has 1 atom stereocenters. The monoisotopic (exact) mass is 521 g/mol. The highest BCUT2D eigenvalue weighted by molar-refractivity contribution is 7.11. The number of nitrogens with two attached hydrogens (primary N) is 1. The minimum absolute atomic E-state index is 0.0127. The van der Waals surface area contributed by atoms with Gasteiger partial charge >= 0.3 is 6.03 Å². The van der Waals surface area contributed by atoms with Gasteiger partial charge in [0.15, 0.2) is 0 Å². The van der Waals surface area contributed by atoms with Gasteiger partial charge < -0.3 is 25.8 Å². The summed E-state index contributed by atoms with van der Waals surface area (Å²) in [7, 11) is 0. The van der Waals surface area contributed by atoms with Gasteiger partial charge in [0, 0.05) is 13.1 Å². The Balaban J connectivity index is 1.60. The molecule has 194 valence electrons. The molecule has 9 nitrogen and oxygen atoms in total. The van der Waals surface area contributed by atoms with Crippen LogP contribution in [-0.4, -0.2) is 59.1 Å². The summed E-state index contributed by atoms with van der Waals surface area (Å²) in [5, 5.41) is 15.4. The number of fused-ring (bicyclic) bond motifs is 1. The van der Waals surface area contributed by atoms with E-state index in [0.717, 1.165) is 19.5 Å². The van der Waals surface area contributed by atoms with E-state index in [4.69, 9.17) is 15.6 Å². The zero-order valence-corrected chi connectivity index (χ0v) is 20.6. The number of hydrogen-bond donors (Lipinski definition) is 4. The Kier molecular flexibility index (Phi) is 9.91. The number of aromatic nitrogens is 1. The van der Waals surface area contributed by atoms with Crippen molar-refractivity contribution >= 4 is 39.2 Å². The highest BCUT2D eigenvalue weighted by Crippen LogP contribution is 2.35. The van der Waals surface area contributed by atoms with Crippen molar-refractivity contribution in [2.45, 2.75) is 26.1 Å². The Bertz CT molecular complexity index is 1190. The number of benzene rings is 2. The van der Waals surface area contributed by atoms with Crippen molar-refractivity contribution < 1.29 is 28.2 Å². The van der Waals surface area contributed by atoms with E-state index in [9.17, 15) is 18.4 Å². The molecule has 0 bridgehead atoms. The molecular formula is C24H29F2N5O4S. The standard InChI is InChI=1S/C24H29F2N5O4S/c1-2-31(11-12-32)10-6-5-9-28-24(34)29-23-19(21(27)33)22(30-36-23)35-20(26)17-13-15-7-3-4-8-16(15)14-18(17)25/h3-4,7-8,13-14,20,32H,2,5-6,9-12H2,1H3,(H2,27,33)(H2,28,29,34). The number of urea groups is 1. The lowest BCUT2D eigenvalue weighted by molar-refractivity contribution is 0.0587. The minimum Gasteiger partial charge on any atom is -0.437 e. The number of carbonyl (C=O) groups excluding carboxylic acids is 2. The molecule has 0 aliphatic carbocycles. The summed E-state index contributed by atoms with van der Waals surface area (Å²) in [6.07, 6.45) is -0.733. The molecule has 3 aromatic rings. The second-order valence-electron chi connectivity index (χ2n) is 7.96. The Labute approximate surface area is 211 Å². The van der Waals surface area contributed by atoms with Crippen molar-refractivity contribution in [3.8, 4) is 5.88 Å². The van der Waals surface area contributed by atoms with Crippen LogP contribution >= 0.6 is 11.5 Å². The molecule has 0 fully saturated rings. The van der Waals surface area contributed by atoms with Gasteiger partial charge in [-0.05, 0) is 60.4 Å². The smallest absolute Gasteiger partial charge is 0.319 e. The van der Waals surface area contributed by atoms with Gasteiger partial charge in [-0.3, -0.25) is 10.1 Å². The van der Waals surface area contributed by atoms with E-state index in [1.807, 2.05) is 6.92 Å². The molecule has 0 aliphatic heterocycles. The number of carbonyl (C=O) groups is 2. The lowest BCUT2D eigenvalue weighted by Crippen LogP contribution is -2.31. The topological polar surface area (TPSA) is 130 Å². The number of primary amides is 1. The van der Waals surface area contributed by atoms with Crippen molar-refractivity contribution in [2.75, 3.05) is 38.1 Å². The highest BCUT2D eigenvalue weighted by Gasteiger charge is 2.26. The minimum atomic E-state index is -2.26. The quantitative estimate of drug-likeness (QED) is 0.253. The van der Waals surface area contributed by atoms with Crippen LogP contribution in [0.5, 0.6) is 5.88 Å². The fraction of sp³-hybridized carbons (Fsp3) is 0.375. The fourth-order valence-electron chi connectivity index (χ4n) is 3.60. The van der Waals surface area contributed by atoms with Gasteiger partial charge in [-0.15, -0.1) is 0 Å². The summed E-state index contributed by atoms with van der Waals surface area (Å²) in [6.45, 7) is 4.71. The maximum absolute atomic E-state index is 14.9. The summed E-state index contributed by atoms with van der Waals surface area (Å²) in [6, 6.07) is 8.81. The van der Waals surface area contributed by atoms with E-state index in [0.29, 0.717) is 41.8 Å². The molecule has 2 aromatic carbocycles. The second-order valence-corrected chi connectivity index (χ2v) is 8.73. The number of amides is 3.